The monoisotopic (exact) mass is 947 g/mol. The lowest BCUT2D eigenvalue weighted by Gasteiger charge is -2.22. The molecule has 0 aromatic heterocycles. The number of aliphatic carboxylic acids is 1. The zero-order valence-electron chi connectivity index (χ0n) is 41.6. The van der Waals surface area contributed by atoms with E-state index in [2.05, 4.69) is 16.0 Å². The minimum Gasteiger partial charge on any atom is -0.478 e. The first-order chi connectivity index (χ1) is 32.6. The number of Topliss-reactive ketones (excluding diaryl/α,β-unsaturated/α-hetero) is 2. The average Bonchev–Trinajstić information content (AvgIpc) is 3.30. The van der Waals surface area contributed by atoms with Crippen LogP contribution in [0.5, 0.6) is 0 Å². The summed E-state index contributed by atoms with van der Waals surface area (Å²) in [4.78, 5) is 72.3. The third-order valence-electron chi connectivity index (χ3n) is 10.1. The Balaban J connectivity index is 0.000000414. The number of nitrogens with two attached hydrogens (primary N) is 1. The molecule has 6 N–H and O–H groups in total. The minimum atomic E-state index is -1.05. The topological polar surface area (TPSA) is 203 Å². The van der Waals surface area contributed by atoms with Gasteiger partial charge in [-0.2, -0.15) is 0 Å². The van der Waals surface area contributed by atoms with Gasteiger partial charge >= 0.3 is 18.2 Å². The molecule has 0 saturated carbocycles. The molecule has 372 valence electrons. The van der Waals surface area contributed by atoms with Crippen molar-refractivity contribution in [2.45, 2.75) is 130 Å². The molecular formula is C56H74N4O9. The summed E-state index contributed by atoms with van der Waals surface area (Å²) < 4.78 is 10.4. The van der Waals surface area contributed by atoms with Gasteiger partial charge in [-0.15, -0.1) is 0 Å². The summed E-state index contributed by atoms with van der Waals surface area (Å²) in [6.07, 6.45) is 7.85. The first-order valence-corrected chi connectivity index (χ1v) is 23.4. The zero-order valence-corrected chi connectivity index (χ0v) is 41.6. The summed E-state index contributed by atoms with van der Waals surface area (Å²) in [7, 11) is 0. The summed E-state index contributed by atoms with van der Waals surface area (Å²) in [6, 6.07) is 38.1. The Morgan fingerprint density at radius 2 is 0.899 bits per heavy atom. The molecule has 4 aromatic carbocycles. The number of amides is 3. The fourth-order valence-electron chi connectivity index (χ4n) is 6.43. The van der Waals surface area contributed by atoms with Crippen LogP contribution in [0.2, 0.25) is 0 Å². The molecule has 4 atom stereocenters. The van der Waals surface area contributed by atoms with Gasteiger partial charge in [0.25, 0.3) is 0 Å². The fourth-order valence-corrected chi connectivity index (χ4v) is 6.43. The van der Waals surface area contributed by atoms with Crippen LogP contribution in [0.25, 0.3) is 0 Å². The van der Waals surface area contributed by atoms with Gasteiger partial charge < -0.3 is 36.3 Å². The molecule has 0 aliphatic carbocycles. The number of nitrogens with one attached hydrogen (secondary N) is 3. The van der Waals surface area contributed by atoms with Crippen LogP contribution in [-0.2, 0) is 54.6 Å². The van der Waals surface area contributed by atoms with Crippen LogP contribution in [0.1, 0.15) is 103 Å². The predicted octanol–water partition coefficient (Wildman–Crippen LogP) is 9.87. The molecule has 3 amide bonds. The number of aryl methyl sites for hydroxylation is 2. The Morgan fingerprint density at radius 1 is 0.551 bits per heavy atom. The molecule has 0 aliphatic rings. The molecule has 0 bridgehead atoms. The predicted molar refractivity (Wildman–Crippen MR) is 272 cm³/mol. The molecule has 0 spiro atoms. The summed E-state index contributed by atoms with van der Waals surface area (Å²) in [5.74, 6) is -1.91. The van der Waals surface area contributed by atoms with Crippen LogP contribution < -0.4 is 21.7 Å². The maximum Gasteiger partial charge on any atom is 0.408 e. The van der Waals surface area contributed by atoms with Gasteiger partial charge in [-0.25, -0.2) is 14.4 Å². The molecule has 0 heterocycles. The smallest absolute Gasteiger partial charge is 0.408 e. The van der Waals surface area contributed by atoms with Crippen LogP contribution in [0.4, 0.5) is 9.59 Å². The molecule has 4 rings (SSSR count). The minimum absolute atomic E-state index is 0.113. The van der Waals surface area contributed by atoms with Crippen LogP contribution in [0, 0.1) is 11.8 Å². The Bertz CT molecular complexity index is 2200. The van der Waals surface area contributed by atoms with E-state index in [1.54, 1.807) is 67.5 Å². The van der Waals surface area contributed by atoms with Crippen molar-refractivity contribution >= 4 is 35.6 Å². The van der Waals surface area contributed by atoms with Gasteiger partial charge in [0.15, 0.2) is 11.6 Å². The number of carbonyl (C=O) groups excluding carboxylic acids is 5. The van der Waals surface area contributed by atoms with Crippen molar-refractivity contribution in [2.75, 3.05) is 0 Å². The number of benzene rings is 4. The number of hydrogen-bond donors (Lipinski definition) is 5. The number of carbonyl (C=O) groups is 6. The molecule has 13 nitrogen and oxygen atoms in total. The summed E-state index contributed by atoms with van der Waals surface area (Å²) >= 11 is 0. The van der Waals surface area contributed by atoms with Gasteiger partial charge in [-0.05, 0) is 121 Å². The van der Waals surface area contributed by atoms with Crippen molar-refractivity contribution in [2.24, 2.45) is 17.6 Å². The maximum absolute atomic E-state index is 12.8. The van der Waals surface area contributed by atoms with Gasteiger partial charge in [-0.3, -0.25) is 14.4 Å². The first kappa shape index (κ1) is 58.3. The SMILES string of the molecule is C[C@H](NC(=O)OC(C)(C)C)C(=O)C[C@H](/C=C/C(=O)NCc1ccccc1)CCc1ccccc1.C[C@H](NC(=O)OC(C)(C)C)C(=O)C[C@H](/C=C/C(=O)O)CCc1ccccc1.NCc1ccccc1. The maximum atomic E-state index is 12.8. The Hall–Kier alpha value is -6.86. The highest BCUT2D eigenvalue weighted by Gasteiger charge is 2.24. The summed E-state index contributed by atoms with van der Waals surface area (Å²) in [6.45, 7) is 14.9. The van der Waals surface area contributed by atoms with E-state index < -0.39 is 41.4 Å². The standard InChI is InChI=1S/C28H36N2O4.C21H29NO5.C7H9N/c1-21(30-27(33)34-28(2,3)4)25(31)19-23(16-15-22-11-7-5-8-12-22)17-18-26(32)29-20-24-13-9-6-10-14-24;1-15(22-20(26)27-21(2,3)4)18(23)14-17(12-13-19(24)25)11-10-16-8-6-5-7-9-16;8-6-7-4-2-1-3-5-7/h5-14,17-18,21,23H,15-16,19-20H2,1-4H3,(H,29,32)(H,30,33);5-9,12-13,15,17H,10-11,14H2,1-4H3,(H,22,26)(H,24,25);1-5H,6,8H2/b18-17+;13-12+;/t21-,23-;15-,17-;/m00./s1. The molecule has 13 heteroatoms. The second kappa shape index (κ2) is 31.2. The highest BCUT2D eigenvalue weighted by molar-refractivity contribution is 5.89. The fraction of sp³-hybridized carbons (Fsp3) is 0.393. The summed E-state index contributed by atoms with van der Waals surface area (Å²) in [5.41, 5.74) is 8.56. The quantitative estimate of drug-likeness (QED) is 0.0500. The molecule has 69 heavy (non-hydrogen) atoms. The molecule has 4 aromatic rings. The molecule has 0 unspecified atom stereocenters. The van der Waals surface area contributed by atoms with E-state index in [0.717, 1.165) is 30.0 Å². The third kappa shape index (κ3) is 28.8. The normalized spacial score (nSPS) is 12.9. The second-order valence-electron chi connectivity index (χ2n) is 18.6. The van der Waals surface area contributed by atoms with Crippen molar-refractivity contribution < 1.29 is 43.3 Å². The van der Waals surface area contributed by atoms with Crippen molar-refractivity contribution in [3.63, 3.8) is 0 Å². The number of ether oxygens (including phenoxy) is 2. The highest BCUT2D eigenvalue weighted by Crippen LogP contribution is 2.19. The van der Waals surface area contributed by atoms with Crippen molar-refractivity contribution in [1.82, 2.24) is 16.0 Å². The van der Waals surface area contributed by atoms with E-state index in [1.165, 1.54) is 17.2 Å². The molecule has 0 radical (unpaired) electrons. The number of carboxylic acids is 1. The van der Waals surface area contributed by atoms with Gasteiger partial charge in [0, 0.05) is 32.0 Å². The Kier molecular flexibility index (Phi) is 26.4. The van der Waals surface area contributed by atoms with E-state index in [0.29, 0.717) is 25.9 Å². The first-order valence-electron chi connectivity index (χ1n) is 23.4. The number of allylic oxidation sites excluding steroid dienone is 2. The van der Waals surface area contributed by atoms with Gasteiger partial charge in [-0.1, -0.05) is 133 Å². The number of rotatable bonds is 21. The van der Waals surface area contributed by atoms with E-state index in [9.17, 15) is 28.8 Å². The lowest BCUT2D eigenvalue weighted by molar-refractivity contribution is -0.131. The Morgan fingerprint density at radius 3 is 1.23 bits per heavy atom. The highest BCUT2D eigenvalue weighted by atomic mass is 16.6. The molecular weight excluding hydrogens is 873 g/mol. The van der Waals surface area contributed by atoms with E-state index >= 15 is 0 Å². The third-order valence-corrected chi connectivity index (χ3v) is 10.1. The zero-order chi connectivity index (χ0) is 51.2. The number of ketones is 2. The summed E-state index contributed by atoms with van der Waals surface area (Å²) in [5, 5.41) is 16.9. The van der Waals surface area contributed by atoms with Crippen LogP contribution in [0.15, 0.2) is 146 Å². The van der Waals surface area contributed by atoms with Crippen molar-refractivity contribution in [3.8, 4) is 0 Å². The van der Waals surface area contributed by atoms with Crippen LogP contribution in [0.3, 0.4) is 0 Å². The molecule has 0 saturated heterocycles. The van der Waals surface area contributed by atoms with Gasteiger partial charge in [0.1, 0.15) is 11.2 Å². The van der Waals surface area contributed by atoms with E-state index in [4.69, 9.17) is 20.3 Å². The number of hydrogen-bond acceptors (Lipinski definition) is 9. The van der Waals surface area contributed by atoms with Crippen LogP contribution in [-0.4, -0.2) is 64.0 Å². The van der Waals surface area contributed by atoms with E-state index in [1.807, 2.05) is 121 Å². The number of alkyl carbamates (subject to hydrolysis) is 2. The van der Waals surface area contributed by atoms with E-state index in [-0.39, 0.29) is 42.2 Å². The largest absolute Gasteiger partial charge is 0.478 e. The molecule has 0 aliphatic heterocycles. The average molecular weight is 947 g/mol. The lowest BCUT2D eigenvalue weighted by atomic mass is 9.92. The van der Waals surface area contributed by atoms with Gasteiger partial charge in [0.05, 0.1) is 12.1 Å². The van der Waals surface area contributed by atoms with Crippen molar-refractivity contribution in [1.29, 1.82) is 0 Å². The van der Waals surface area contributed by atoms with Crippen LogP contribution >= 0.6 is 0 Å². The lowest BCUT2D eigenvalue weighted by Crippen LogP contribution is -2.42. The van der Waals surface area contributed by atoms with Crippen molar-refractivity contribution in [3.05, 3.63) is 168 Å². The Labute approximate surface area is 409 Å². The van der Waals surface area contributed by atoms with Gasteiger partial charge in [0.2, 0.25) is 5.91 Å². The second-order valence-corrected chi connectivity index (χ2v) is 18.6. The molecule has 0 fully saturated rings. The number of carboxylic acid groups (broad SMARTS) is 1.